The van der Waals surface area contributed by atoms with Gasteiger partial charge in [0.05, 0.1) is 18.3 Å². The number of hydrogen-bond acceptors (Lipinski definition) is 7. The fraction of sp³-hybridized carbons (Fsp3) is 0.381. The minimum absolute atomic E-state index is 0.0572. The van der Waals surface area contributed by atoms with Gasteiger partial charge in [-0.2, -0.15) is 13.1 Å². The number of carbonyl (C=O) groups excluding carboxylic acids is 1. The maximum atomic E-state index is 13.0. The number of nitrogens with one attached hydrogen (secondary N) is 1. The average Bonchev–Trinajstić information content (AvgIpc) is 3.24. The lowest BCUT2D eigenvalue weighted by molar-refractivity contribution is -0.122. The molecule has 0 atom stereocenters. The van der Waals surface area contributed by atoms with Crippen molar-refractivity contribution in [1.29, 1.82) is 0 Å². The van der Waals surface area contributed by atoms with E-state index in [0.717, 1.165) is 48.5 Å². The largest absolute Gasteiger partial charge is 0.352 e. The van der Waals surface area contributed by atoms with Gasteiger partial charge in [-0.25, -0.2) is 8.42 Å². The number of amides is 1. The maximum Gasteiger partial charge on any atom is 0.245 e. The molecule has 1 aliphatic heterocycles. The summed E-state index contributed by atoms with van der Waals surface area (Å²) in [6, 6.07) is 15.2. The molecular weight excluding hydrogens is 434 g/mol. The molecule has 1 N–H and O–H groups in total. The number of rotatable bonds is 7. The molecule has 3 aromatic rings. The van der Waals surface area contributed by atoms with Gasteiger partial charge in [0.2, 0.25) is 15.9 Å². The lowest BCUT2D eigenvalue weighted by Crippen LogP contribution is -2.47. The zero-order valence-corrected chi connectivity index (χ0v) is 18.9. The Bertz CT molecular complexity index is 1140. The van der Waals surface area contributed by atoms with E-state index in [2.05, 4.69) is 31.1 Å². The second-order valence-corrected chi connectivity index (χ2v) is 10.3. The summed E-state index contributed by atoms with van der Waals surface area (Å²) in [7, 11) is -2.43. The summed E-state index contributed by atoms with van der Waals surface area (Å²) in [5, 5.41) is 2.99. The molecule has 1 amide bonds. The smallest absolute Gasteiger partial charge is 0.245 e. The van der Waals surface area contributed by atoms with Crippen LogP contribution in [0.4, 0.5) is 0 Å². The molecule has 2 heterocycles. The Balaban J connectivity index is 1.30. The number of nitrogens with zero attached hydrogens (tertiary/aromatic N) is 4. The molecule has 1 aliphatic rings. The zero-order chi connectivity index (χ0) is 21.8. The monoisotopic (exact) mass is 459 g/mol. The second-order valence-electron chi connectivity index (χ2n) is 7.75. The Morgan fingerprint density at radius 2 is 1.87 bits per heavy atom. The number of fused-ring (bicyclic) bond motifs is 1. The van der Waals surface area contributed by atoms with Crippen LogP contribution in [0, 0.1) is 0 Å². The zero-order valence-electron chi connectivity index (χ0n) is 17.3. The van der Waals surface area contributed by atoms with E-state index >= 15 is 0 Å². The quantitative estimate of drug-likeness (QED) is 0.581. The first kappa shape index (κ1) is 21.8. The Morgan fingerprint density at radius 3 is 2.61 bits per heavy atom. The molecule has 10 heteroatoms. The normalized spacial score (nSPS) is 16.1. The molecule has 8 nitrogen and oxygen atoms in total. The van der Waals surface area contributed by atoms with E-state index in [1.54, 1.807) is 12.1 Å². The number of piperidine rings is 1. The molecule has 0 radical (unpaired) electrons. The van der Waals surface area contributed by atoms with E-state index in [-0.39, 0.29) is 23.4 Å². The number of carbonyl (C=O) groups is 1. The number of aromatic nitrogens is 2. The summed E-state index contributed by atoms with van der Waals surface area (Å²) in [4.78, 5) is 15.0. The molecule has 31 heavy (non-hydrogen) atoms. The highest BCUT2D eigenvalue weighted by molar-refractivity contribution is 7.89. The summed E-state index contributed by atoms with van der Waals surface area (Å²) in [5.74, 6) is -0.295. The first-order chi connectivity index (χ1) is 14.9. The molecule has 0 spiro atoms. The molecule has 164 valence electrons. The van der Waals surface area contributed by atoms with Crippen LogP contribution in [0.3, 0.4) is 0 Å². The molecule has 0 saturated carbocycles. The Hall–Kier alpha value is -2.40. The highest BCUT2D eigenvalue weighted by Gasteiger charge is 2.27. The van der Waals surface area contributed by atoms with Crippen LogP contribution in [0.25, 0.3) is 11.0 Å². The molecule has 0 unspecified atom stereocenters. The topological polar surface area (TPSA) is 95.5 Å². The fourth-order valence-electron chi connectivity index (χ4n) is 3.79. The lowest BCUT2D eigenvalue weighted by atomic mass is 10.0. The first-order valence-electron chi connectivity index (χ1n) is 10.2. The number of benzene rings is 2. The summed E-state index contributed by atoms with van der Waals surface area (Å²) >= 11 is 0.966. The predicted octanol–water partition coefficient (Wildman–Crippen LogP) is 2.09. The van der Waals surface area contributed by atoms with Gasteiger partial charge in [-0.05, 0) is 30.5 Å². The van der Waals surface area contributed by atoms with Gasteiger partial charge in [-0.15, -0.1) is 0 Å². The molecule has 0 bridgehead atoms. The molecule has 1 aromatic heterocycles. The van der Waals surface area contributed by atoms with Gasteiger partial charge in [0, 0.05) is 32.7 Å². The van der Waals surface area contributed by atoms with E-state index in [9.17, 15) is 13.2 Å². The number of hydrogen-bond donors (Lipinski definition) is 1. The standard InChI is InChI=1S/C21H25N5O3S2/c1-25(31(28,29)19-9-5-8-18-21(19)24-30-23-18)15-20(27)22-17-10-12-26(13-11-17)14-16-6-3-2-4-7-16/h2-9,17H,10-15H2,1H3,(H,22,27). The van der Waals surface area contributed by atoms with Crippen molar-refractivity contribution in [3.8, 4) is 0 Å². The van der Waals surface area contributed by atoms with Gasteiger partial charge in [0.25, 0.3) is 0 Å². The van der Waals surface area contributed by atoms with Gasteiger partial charge in [-0.3, -0.25) is 9.69 Å². The van der Waals surface area contributed by atoms with Crippen LogP contribution >= 0.6 is 11.7 Å². The van der Waals surface area contributed by atoms with Crippen molar-refractivity contribution in [2.24, 2.45) is 0 Å². The van der Waals surface area contributed by atoms with Crippen LogP contribution < -0.4 is 5.32 Å². The predicted molar refractivity (Wildman–Crippen MR) is 120 cm³/mol. The van der Waals surface area contributed by atoms with Crippen LogP contribution in [0.1, 0.15) is 18.4 Å². The highest BCUT2D eigenvalue weighted by Crippen LogP contribution is 2.23. The van der Waals surface area contributed by atoms with Crippen LogP contribution in [-0.2, 0) is 21.4 Å². The molecule has 1 fully saturated rings. The van der Waals surface area contributed by atoms with Gasteiger partial charge in [-0.1, -0.05) is 36.4 Å². The SMILES string of the molecule is CN(CC(=O)NC1CCN(Cc2ccccc2)CC1)S(=O)(=O)c1cccc2nsnc12. The minimum Gasteiger partial charge on any atom is -0.352 e. The van der Waals surface area contributed by atoms with E-state index in [0.29, 0.717) is 11.0 Å². The van der Waals surface area contributed by atoms with Crippen molar-refractivity contribution in [2.75, 3.05) is 26.7 Å². The Kier molecular flexibility index (Phi) is 6.61. The third kappa shape index (κ3) is 5.09. The van der Waals surface area contributed by atoms with Crippen molar-refractivity contribution >= 4 is 38.7 Å². The lowest BCUT2D eigenvalue weighted by Gasteiger charge is -2.32. The van der Waals surface area contributed by atoms with Crippen LogP contribution in [0.5, 0.6) is 0 Å². The summed E-state index contributed by atoms with van der Waals surface area (Å²) in [5.41, 5.74) is 2.15. The van der Waals surface area contributed by atoms with Crippen molar-refractivity contribution < 1.29 is 13.2 Å². The van der Waals surface area contributed by atoms with E-state index in [1.165, 1.54) is 18.7 Å². The Morgan fingerprint density at radius 1 is 1.13 bits per heavy atom. The van der Waals surface area contributed by atoms with Gasteiger partial charge >= 0.3 is 0 Å². The summed E-state index contributed by atoms with van der Waals surface area (Å²) < 4.78 is 35.2. The fourth-order valence-corrected chi connectivity index (χ4v) is 5.67. The van der Waals surface area contributed by atoms with Crippen LogP contribution in [0.15, 0.2) is 53.4 Å². The third-order valence-corrected chi connectivity index (χ3v) is 7.88. The van der Waals surface area contributed by atoms with Crippen LogP contribution in [0.2, 0.25) is 0 Å². The van der Waals surface area contributed by atoms with Crippen molar-refractivity contribution in [1.82, 2.24) is 23.3 Å². The molecular formula is C21H25N5O3S2. The number of likely N-dealkylation sites (tertiary alicyclic amines) is 1. The van der Waals surface area contributed by atoms with Gasteiger partial charge < -0.3 is 5.32 Å². The highest BCUT2D eigenvalue weighted by atomic mass is 32.2. The molecule has 2 aromatic carbocycles. The van der Waals surface area contributed by atoms with E-state index in [1.807, 2.05) is 18.2 Å². The van der Waals surface area contributed by atoms with E-state index < -0.39 is 10.0 Å². The van der Waals surface area contributed by atoms with Gasteiger partial charge in [0.1, 0.15) is 15.9 Å². The third-order valence-electron chi connectivity index (χ3n) is 5.51. The summed E-state index contributed by atoms with van der Waals surface area (Å²) in [6.45, 7) is 2.46. The maximum absolute atomic E-state index is 13.0. The van der Waals surface area contributed by atoms with Gasteiger partial charge in [0.15, 0.2) is 0 Å². The molecule has 1 saturated heterocycles. The minimum atomic E-state index is -3.85. The van der Waals surface area contributed by atoms with Crippen molar-refractivity contribution in [3.05, 3.63) is 54.1 Å². The number of likely N-dealkylation sites (N-methyl/N-ethyl adjacent to an activating group) is 1. The number of sulfonamides is 1. The van der Waals surface area contributed by atoms with E-state index in [4.69, 9.17) is 0 Å². The molecule has 4 rings (SSSR count). The second kappa shape index (κ2) is 9.39. The Labute approximate surface area is 186 Å². The van der Waals surface area contributed by atoms with Crippen molar-refractivity contribution in [3.63, 3.8) is 0 Å². The molecule has 0 aliphatic carbocycles. The first-order valence-corrected chi connectivity index (χ1v) is 12.3. The van der Waals surface area contributed by atoms with Crippen LogP contribution in [-0.4, -0.2) is 65.0 Å². The summed E-state index contributed by atoms with van der Waals surface area (Å²) in [6.07, 6.45) is 1.69. The average molecular weight is 460 g/mol. The van der Waals surface area contributed by atoms with Crippen molar-refractivity contribution in [2.45, 2.75) is 30.3 Å².